The number of allylic oxidation sites excluding steroid dienone is 12. The second-order valence-corrected chi connectivity index (χ2v) is 17.6. The first kappa shape index (κ1) is 59.3. The Morgan fingerprint density at radius 1 is 0.500 bits per heavy atom. The van der Waals surface area contributed by atoms with Gasteiger partial charge < -0.3 is 20.3 Å². The van der Waals surface area contributed by atoms with Crippen molar-refractivity contribution in [2.75, 3.05) is 6.61 Å². The van der Waals surface area contributed by atoms with Gasteiger partial charge in [0.25, 0.3) is 0 Å². The van der Waals surface area contributed by atoms with Crippen molar-refractivity contribution in [2.24, 2.45) is 0 Å². The van der Waals surface area contributed by atoms with Gasteiger partial charge in [0.1, 0.15) is 6.10 Å². The summed E-state index contributed by atoms with van der Waals surface area (Å²) >= 11 is 0. The topological polar surface area (TPSA) is 95.9 Å². The molecule has 0 spiro atoms. The normalized spacial score (nSPS) is 13.8. The van der Waals surface area contributed by atoms with E-state index in [1.165, 1.54) is 116 Å². The van der Waals surface area contributed by atoms with Crippen LogP contribution in [0, 0.1) is 0 Å². The first-order valence-electron chi connectivity index (χ1n) is 26.2. The van der Waals surface area contributed by atoms with Crippen LogP contribution in [0.4, 0.5) is 0 Å². The van der Waals surface area contributed by atoms with Crippen molar-refractivity contribution >= 4 is 11.9 Å². The lowest BCUT2D eigenvalue weighted by Gasteiger charge is -2.24. The molecule has 358 valence electrons. The fourth-order valence-corrected chi connectivity index (χ4v) is 7.65. The van der Waals surface area contributed by atoms with Crippen molar-refractivity contribution in [3.05, 3.63) is 72.9 Å². The summed E-state index contributed by atoms with van der Waals surface area (Å²) in [7, 11) is 0. The van der Waals surface area contributed by atoms with E-state index in [1.807, 2.05) is 24.3 Å². The highest BCUT2D eigenvalue weighted by atomic mass is 16.5. The van der Waals surface area contributed by atoms with E-state index in [0.29, 0.717) is 19.3 Å². The Balaban J connectivity index is 4.62. The first-order valence-corrected chi connectivity index (χ1v) is 26.2. The van der Waals surface area contributed by atoms with Gasteiger partial charge in [0.2, 0.25) is 5.91 Å². The molecule has 0 radical (unpaired) electrons. The number of rotatable bonds is 46. The molecule has 0 aliphatic heterocycles. The molecule has 1 amide bonds. The van der Waals surface area contributed by atoms with Gasteiger partial charge in [-0.3, -0.25) is 9.59 Å². The molecule has 3 N–H and O–H groups in total. The van der Waals surface area contributed by atoms with Gasteiger partial charge in [0, 0.05) is 6.42 Å². The van der Waals surface area contributed by atoms with E-state index in [9.17, 15) is 19.8 Å². The number of ether oxygens (including phenoxy) is 1. The summed E-state index contributed by atoms with van der Waals surface area (Å²) in [6, 6.07) is -0.718. The fraction of sp³-hybridized carbons (Fsp3) is 0.750. The molecule has 0 aromatic heterocycles. The smallest absolute Gasteiger partial charge is 0.306 e. The molecule has 0 aliphatic carbocycles. The lowest BCUT2D eigenvalue weighted by Crippen LogP contribution is -2.46. The number of carbonyl (C=O) groups is 2. The van der Waals surface area contributed by atoms with E-state index in [4.69, 9.17) is 4.74 Å². The molecular formula is C56H99NO5. The molecule has 0 aromatic rings. The number of carbonyl (C=O) groups excluding carboxylic acids is 2. The fourth-order valence-electron chi connectivity index (χ4n) is 7.65. The van der Waals surface area contributed by atoms with Crippen LogP contribution < -0.4 is 5.32 Å². The Morgan fingerprint density at radius 3 is 1.50 bits per heavy atom. The van der Waals surface area contributed by atoms with E-state index in [2.05, 4.69) is 74.7 Å². The Labute approximate surface area is 383 Å². The van der Waals surface area contributed by atoms with Crippen molar-refractivity contribution in [1.82, 2.24) is 5.32 Å². The Bertz CT molecular complexity index is 1150. The largest absolute Gasteiger partial charge is 0.462 e. The maximum absolute atomic E-state index is 13.2. The molecule has 0 saturated heterocycles. The third kappa shape index (κ3) is 43.9. The minimum atomic E-state index is -0.802. The average molecular weight is 866 g/mol. The predicted molar refractivity (Wildman–Crippen MR) is 268 cm³/mol. The van der Waals surface area contributed by atoms with Crippen LogP contribution in [0.25, 0.3) is 0 Å². The molecule has 0 aliphatic rings. The van der Waals surface area contributed by atoms with Crippen molar-refractivity contribution in [2.45, 2.75) is 264 Å². The average Bonchev–Trinajstić information content (AvgIpc) is 3.26. The summed E-state index contributed by atoms with van der Waals surface area (Å²) in [5, 5.41) is 23.8. The second kappa shape index (κ2) is 49.3. The van der Waals surface area contributed by atoms with E-state index >= 15 is 0 Å². The number of amides is 1. The third-order valence-corrected chi connectivity index (χ3v) is 11.6. The summed E-state index contributed by atoms with van der Waals surface area (Å²) < 4.78 is 5.92. The molecule has 6 heteroatoms. The molecule has 3 atom stereocenters. The van der Waals surface area contributed by atoms with Crippen molar-refractivity contribution < 1.29 is 24.5 Å². The van der Waals surface area contributed by atoms with Crippen LogP contribution in [-0.2, 0) is 14.3 Å². The van der Waals surface area contributed by atoms with Crippen LogP contribution in [0.3, 0.4) is 0 Å². The molecule has 0 aromatic carbocycles. The van der Waals surface area contributed by atoms with E-state index in [0.717, 1.165) is 83.5 Å². The van der Waals surface area contributed by atoms with Crippen LogP contribution >= 0.6 is 0 Å². The zero-order valence-electron chi connectivity index (χ0n) is 40.7. The standard InChI is InChI=1S/C56H99NO5/c1-4-7-10-13-16-19-22-25-26-27-28-31-34-37-40-43-46-49-56(61)62-52(47-44-41-38-35-32-29-23-20-17-14-11-8-5-2)50-55(60)57-53(51-58)54(59)48-45-42-39-36-33-30-24-21-18-15-12-9-6-3/h8,11,14,16-17,19-20,23,25-26,29,32,52-54,58-59H,4-7,9-10,12-13,15,18,21-22,24,27-28,30-31,33-51H2,1-3H3,(H,57,60)/b11-8+,17-14+,19-16-,23-20+,26-25-,32-29-. The molecule has 0 saturated carbocycles. The molecule has 0 rings (SSSR count). The highest BCUT2D eigenvalue weighted by Gasteiger charge is 2.24. The van der Waals surface area contributed by atoms with Gasteiger partial charge in [0.05, 0.1) is 25.2 Å². The summed E-state index contributed by atoms with van der Waals surface area (Å²) in [5.74, 6) is -0.522. The monoisotopic (exact) mass is 866 g/mol. The van der Waals surface area contributed by atoms with Gasteiger partial charge in [-0.1, -0.05) is 229 Å². The van der Waals surface area contributed by atoms with Gasteiger partial charge in [-0.05, 0) is 77.0 Å². The second-order valence-electron chi connectivity index (χ2n) is 17.6. The SMILES string of the molecule is CC/C=C/C=C/C=C/C=C\CCCCCC(CC(=O)NC(CO)C(O)CCCCCCCCCCCCCCC)OC(=O)CCCCCCCCC/C=C\C/C=C\CCCCC. The van der Waals surface area contributed by atoms with E-state index in [1.54, 1.807) is 0 Å². The quantitative estimate of drug-likeness (QED) is 0.0245. The van der Waals surface area contributed by atoms with E-state index in [-0.39, 0.29) is 24.9 Å². The van der Waals surface area contributed by atoms with Gasteiger partial charge in [-0.25, -0.2) is 0 Å². The molecule has 62 heavy (non-hydrogen) atoms. The predicted octanol–water partition coefficient (Wildman–Crippen LogP) is 15.8. The number of aliphatic hydroxyl groups is 2. The van der Waals surface area contributed by atoms with Gasteiger partial charge in [-0.15, -0.1) is 0 Å². The summed E-state index contributed by atoms with van der Waals surface area (Å²) in [6.07, 6.45) is 62.4. The molecule has 0 bridgehead atoms. The van der Waals surface area contributed by atoms with Crippen LogP contribution in [0.15, 0.2) is 72.9 Å². The minimum Gasteiger partial charge on any atom is -0.462 e. The third-order valence-electron chi connectivity index (χ3n) is 11.6. The highest BCUT2D eigenvalue weighted by molar-refractivity contribution is 5.77. The van der Waals surface area contributed by atoms with Crippen LogP contribution in [0.1, 0.15) is 245 Å². The number of hydrogen-bond acceptors (Lipinski definition) is 5. The summed E-state index contributed by atoms with van der Waals surface area (Å²) in [4.78, 5) is 26.2. The summed E-state index contributed by atoms with van der Waals surface area (Å²) in [6.45, 7) is 6.31. The van der Waals surface area contributed by atoms with Crippen molar-refractivity contribution in [3.63, 3.8) is 0 Å². The Morgan fingerprint density at radius 2 is 0.935 bits per heavy atom. The van der Waals surface area contributed by atoms with Crippen molar-refractivity contribution in [3.8, 4) is 0 Å². The first-order chi connectivity index (χ1) is 30.5. The maximum Gasteiger partial charge on any atom is 0.306 e. The molecular weight excluding hydrogens is 767 g/mol. The van der Waals surface area contributed by atoms with Crippen LogP contribution in [0.5, 0.6) is 0 Å². The zero-order chi connectivity index (χ0) is 45.2. The number of aliphatic hydroxyl groups excluding tert-OH is 2. The Hall–Kier alpha value is -2.70. The molecule has 3 unspecified atom stereocenters. The minimum absolute atomic E-state index is 0.0459. The number of unbranched alkanes of at least 4 members (excludes halogenated alkanes) is 25. The Kier molecular flexibility index (Phi) is 47.2. The zero-order valence-corrected chi connectivity index (χ0v) is 40.7. The van der Waals surface area contributed by atoms with Gasteiger partial charge >= 0.3 is 5.97 Å². The van der Waals surface area contributed by atoms with E-state index < -0.39 is 18.2 Å². The van der Waals surface area contributed by atoms with Gasteiger partial charge in [0.15, 0.2) is 0 Å². The highest BCUT2D eigenvalue weighted by Crippen LogP contribution is 2.17. The molecule has 0 heterocycles. The lowest BCUT2D eigenvalue weighted by molar-refractivity contribution is -0.151. The molecule has 0 fully saturated rings. The van der Waals surface area contributed by atoms with Crippen molar-refractivity contribution in [1.29, 1.82) is 0 Å². The lowest BCUT2D eigenvalue weighted by atomic mass is 10.0. The number of hydrogen-bond donors (Lipinski definition) is 3. The summed E-state index contributed by atoms with van der Waals surface area (Å²) in [5.41, 5.74) is 0. The molecule has 6 nitrogen and oxygen atoms in total. The van der Waals surface area contributed by atoms with Crippen LogP contribution in [0.2, 0.25) is 0 Å². The maximum atomic E-state index is 13.2. The van der Waals surface area contributed by atoms with Gasteiger partial charge in [-0.2, -0.15) is 0 Å². The number of nitrogens with one attached hydrogen (secondary N) is 1. The van der Waals surface area contributed by atoms with Crippen LogP contribution in [-0.4, -0.2) is 46.9 Å². The number of esters is 1.